The highest BCUT2D eigenvalue weighted by Crippen LogP contribution is 2.35. The highest BCUT2D eigenvalue weighted by molar-refractivity contribution is 7.14. The third-order valence-corrected chi connectivity index (χ3v) is 5.37. The minimum atomic E-state index is -0.308. The van der Waals surface area contributed by atoms with Crippen molar-refractivity contribution in [3.05, 3.63) is 29.1 Å². The van der Waals surface area contributed by atoms with Crippen molar-refractivity contribution in [3.8, 4) is 17.0 Å². The third kappa shape index (κ3) is 4.81. The Kier molecular flexibility index (Phi) is 6.51. The Morgan fingerprint density at radius 3 is 2.71 bits per heavy atom. The summed E-state index contributed by atoms with van der Waals surface area (Å²) < 4.78 is 5.47. The molecule has 1 saturated heterocycles. The number of anilines is 1. The van der Waals surface area contributed by atoms with Crippen LogP contribution in [0.25, 0.3) is 11.3 Å². The Bertz CT molecular complexity index is 844. The first kappa shape index (κ1) is 20.1. The lowest BCUT2D eigenvalue weighted by Crippen LogP contribution is -2.39. The molecular formula is C20H26N4O3S. The summed E-state index contributed by atoms with van der Waals surface area (Å²) in [5, 5.41) is 8.38. The maximum Gasteiger partial charge on any atom is 0.251 e. The Morgan fingerprint density at radius 1 is 1.29 bits per heavy atom. The molecular weight excluding hydrogens is 376 g/mol. The van der Waals surface area contributed by atoms with E-state index >= 15 is 0 Å². The van der Waals surface area contributed by atoms with Crippen LogP contribution in [0.4, 0.5) is 5.13 Å². The lowest BCUT2D eigenvalue weighted by Gasteiger charge is -2.13. The number of thiazole rings is 1. The van der Waals surface area contributed by atoms with Crippen LogP contribution in [0.3, 0.4) is 0 Å². The molecule has 0 radical (unpaired) electrons. The second-order valence-electron chi connectivity index (χ2n) is 7.03. The van der Waals surface area contributed by atoms with Crippen LogP contribution in [0.15, 0.2) is 23.6 Å². The first-order valence-corrected chi connectivity index (χ1v) is 10.3. The summed E-state index contributed by atoms with van der Waals surface area (Å²) in [6.07, 6.45) is 2.39. The SMILES string of the molecule is COc1ccc(C(=O)NCC(=O)NC(C)C)cc1-c1csc(N2CCCC2)n1. The van der Waals surface area contributed by atoms with Crippen LogP contribution in [0.5, 0.6) is 5.75 Å². The number of nitrogens with zero attached hydrogens (tertiary/aromatic N) is 2. The fraction of sp³-hybridized carbons (Fsp3) is 0.450. The van der Waals surface area contributed by atoms with Crippen molar-refractivity contribution in [3.63, 3.8) is 0 Å². The predicted molar refractivity (Wildman–Crippen MR) is 111 cm³/mol. The van der Waals surface area contributed by atoms with Crippen LogP contribution in [0, 0.1) is 0 Å². The minimum absolute atomic E-state index is 0.0338. The maximum absolute atomic E-state index is 12.5. The number of aromatic nitrogens is 1. The van der Waals surface area contributed by atoms with Gasteiger partial charge in [0.05, 0.1) is 19.3 Å². The molecule has 0 atom stereocenters. The number of hydrogen-bond acceptors (Lipinski definition) is 6. The molecule has 2 amide bonds. The summed E-state index contributed by atoms with van der Waals surface area (Å²) in [4.78, 5) is 31.3. The zero-order valence-electron chi connectivity index (χ0n) is 16.4. The number of hydrogen-bond donors (Lipinski definition) is 2. The molecule has 1 aliphatic heterocycles. The number of amides is 2. The molecule has 0 spiro atoms. The van der Waals surface area contributed by atoms with Crippen molar-refractivity contribution in [1.29, 1.82) is 0 Å². The number of benzene rings is 1. The number of rotatable bonds is 7. The molecule has 8 heteroatoms. The molecule has 0 aliphatic carbocycles. The second kappa shape index (κ2) is 9.05. The van der Waals surface area contributed by atoms with E-state index in [1.54, 1.807) is 36.6 Å². The van der Waals surface area contributed by atoms with E-state index in [1.165, 1.54) is 12.8 Å². The van der Waals surface area contributed by atoms with Crippen LogP contribution >= 0.6 is 11.3 Å². The van der Waals surface area contributed by atoms with Crippen LogP contribution in [0.1, 0.15) is 37.0 Å². The summed E-state index contributed by atoms with van der Waals surface area (Å²) in [6, 6.07) is 5.24. The Labute approximate surface area is 169 Å². The van der Waals surface area contributed by atoms with E-state index in [4.69, 9.17) is 9.72 Å². The van der Waals surface area contributed by atoms with Gasteiger partial charge < -0.3 is 20.3 Å². The molecule has 2 heterocycles. The average Bonchev–Trinajstić information content (AvgIpc) is 3.36. The summed E-state index contributed by atoms with van der Waals surface area (Å²) >= 11 is 1.60. The average molecular weight is 403 g/mol. The van der Waals surface area contributed by atoms with Crippen molar-refractivity contribution in [1.82, 2.24) is 15.6 Å². The number of nitrogens with one attached hydrogen (secondary N) is 2. The first-order valence-electron chi connectivity index (χ1n) is 9.44. The van der Waals surface area contributed by atoms with Crippen LogP contribution < -0.4 is 20.3 Å². The number of methoxy groups -OCH3 is 1. The molecule has 1 aromatic carbocycles. The molecule has 0 bridgehead atoms. The first-order chi connectivity index (χ1) is 13.5. The van der Waals surface area contributed by atoms with E-state index in [2.05, 4.69) is 15.5 Å². The molecule has 1 aromatic heterocycles. The third-order valence-electron chi connectivity index (χ3n) is 4.47. The Morgan fingerprint density at radius 2 is 2.04 bits per heavy atom. The molecule has 7 nitrogen and oxygen atoms in total. The van der Waals surface area contributed by atoms with Gasteiger partial charge in [0.25, 0.3) is 5.91 Å². The molecule has 3 rings (SSSR count). The molecule has 2 N–H and O–H groups in total. The molecule has 2 aromatic rings. The van der Waals surface area contributed by atoms with Crippen molar-refractivity contribution >= 4 is 28.3 Å². The zero-order chi connectivity index (χ0) is 20.1. The molecule has 28 heavy (non-hydrogen) atoms. The van der Waals surface area contributed by atoms with E-state index in [0.717, 1.165) is 29.5 Å². The van der Waals surface area contributed by atoms with Gasteiger partial charge in [-0.05, 0) is 44.9 Å². The Hall–Kier alpha value is -2.61. The number of carbonyl (C=O) groups is 2. The molecule has 0 saturated carbocycles. The van der Waals surface area contributed by atoms with E-state index in [-0.39, 0.29) is 24.4 Å². The summed E-state index contributed by atoms with van der Waals surface area (Å²) in [5.41, 5.74) is 2.02. The highest BCUT2D eigenvalue weighted by atomic mass is 32.1. The van der Waals surface area contributed by atoms with Gasteiger partial charge in [-0.3, -0.25) is 9.59 Å². The molecule has 1 fully saturated rings. The van der Waals surface area contributed by atoms with E-state index < -0.39 is 0 Å². The Balaban J connectivity index is 1.76. The topological polar surface area (TPSA) is 83.6 Å². The highest BCUT2D eigenvalue weighted by Gasteiger charge is 2.19. The summed E-state index contributed by atoms with van der Waals surface area (Å²) in [6.45, 7) is 5.75. The molecule has 0 unspecified atom stereocenters. The molecule has 150 valence electrons. The van der Waals surface area contributed by atoms with Crippen LogP contribution in [-0.2, 0) is 4.79 Å². The maximum atomic E-state index is 12.5. The van der Waals surface area contributed by atoms with Crippen LogP contribution in [0.2, 0.25) is 0 Å². The summed E-state index contributed by atoms with van der Waals surface area (Å²) in [7, 11) is 1.60. The second-order valence-corrected chi connectivity index (χ2v) is 7.87. The van der Waals surface area contributed by atoms with Crippen molar-refractivity contribution in [2.24, 2.45) is 0 Å². The van der Waals surface area contributed by atoms with Gasteiger partial charge in [0.15, 0.2) is 5.13 Å². The van der Waals surface area contributed by atoms with E-state index in [1.807, 2.05) is 19.2 Å². The van der Waals surface area contributed by atoms with Gasteiger partial charge in [0.2, 0.25) is 5.91 Å². The quantitative estimate of drug-likeness (QED) is 0.744. The molecule has 1 aliphatic rings. The van der Waals surface area contributed by atoms with Crippen molar-refractivity contribution < 1.29 is 14.3 Å². The van der Waals surface area contributed by atoms with Gasteiger partial charge in [-0.1, -0.05) is 0 Å². The van der Waals surface area contributed by atoms with Gasteiger partial charge in [-0.15, -0.1) is 11.3 Å². The normalized spacial score (nSPS) is 13.6. The smallest absolute Gasteiger partial charge is 0.251 e. The largest absolute Gasteiger partial charge is 0.496 e. The summed E-state index contributed by atoms with van der Waals surface area (Å²) in [5.74, 6) is 0.136. The van der Waals surface area contributed by atoms with Gasteiger partial charge in [0, 0.05) is 35.6 Å². The number of ether oxygens (including phenoxy) is 1. The van der Waals surface area contributed by atoms with Crippen LogP contribution in [-0.4, -0.2) is 49.6 Å². The van der Waals surface area contributed by atoms with Gasteiger partial charge >= 0.3 is 0 Å². The van der Waals surface area contributed by atoms with Gasteiger partial charge in [-0.2, -0.15) is 0 Å². The van der Waals surface area contributed by atoms with E-state index in [9.17, 15) is 9.59 Å². The fourth-order valence-corrected chi connectivity index (χ4v) is 4.01. The lowest BCUT2D eigenvalue weighted by atomic mass is 10.1. The zero-order valence-corrected chi connectivity index (χ0v) is 17.3. The predicted octanol–water partition coefficient (Wildman–Crippen LogP) is 2.67. The van der Waals surface area contributed by atoms with Gasteiger partial charge in [-0.25, -0.2) is 4.98 Å². The van der Waals surface area contributed by atoms with Gasteiger partial charge in [0.1, 0.15) is 5.75 Å². The standard InChI is InChI=1S/C20H26N4O3S/c1-13(2)22-18(25)11-21-19(26)14-6-7-17(27-3)15(10-14)16-12-28-20(23-16)24-8-4-5-9-24/h6-7,10,12-13H,4-5,8-9,11H2,1-3H3,(H,21,26)(H,22,25). The number of carbonyl (C=O) groups excluding carboxylic acids is 2. The van der Waals surface area contributed by atoms with Crippen molar-refractivity contribution in [2.45, 2.75) is 32.7 Å². The monoisotopic (exact) mass is 402 g/mol. The lowest BCUT2D eigenvalue weighted by molar-refractivity contribution is -0.120. The van der Waals surface area contributed by atoms with Crippen molar-refractivity contribution in [2.75, 3.05) is 31.6 Å². The van der Waals surface area contributed by atoms with E-state index in [0.29, 0.717) is 11.3 Å². The fourth-order valence-electron chi connectivity index (χ4n) is 3.13. The minimum Gasteiger partial charge on any atom is -0.496 e.